The fourth-order valence-corrected chi connectivity index (χ4v) is 1.31. The number of methoxy groups -OCH3 is 1. The van der Waals surface area contributed by atoms with Gasteiger partial charge < -0.3 is 9.47 Å². The van der Waals surface area contributed by atoms with Gasteiger partial charge in [-0.15, -0.1) is 0 Å². The van der Waals surface area contributed by atoms with Crippen molar-refractivity contribution in [1.29, 1.82) is 0 Å². The lowest BCUT2D eigenvalue weighted by Crippen LogP contribution is -2.04. The summed E-state index contributed by atoms with van der Waals surface area (Å²) in [5.41, 5.74) is 0.948. The maximum atomic E-state index is 11.9. The number of ether oxygens (including phenoxy) is 2. The Labute approximate surface area is 83.6 Å². The number of rotatable bonds is 5. The summed E-state index contributed by atoms with van der Waals surface area (Å²) < 4.78 is 22.3. The Morgan fingerprint density at radius 2 is 2.07 bits per heavy atom. The van der Waals surface area contributed by atoms with Gasteiger partial charge in [-0.1, -0.05) is 18.2 Å². The molecule has 0 amide bonds. The van der Waals surface area contributed by atoms with E-state index in [0.717, 1.165) is 11.3 Å². The van der Waals surface area contributed by atoms with Gasteiger partial charge in [-0.3, -0.25) is 0 Å². The summed E-state index contributed by atoms with van der Waals surface area (Å²) in [6, 6.07) is 7.59. The third-order valence-corrected chi connectivity index (χ3v) is 2.02. The second kappa shape index (κ2) is 5.60. The Kier molecular flexibility index (Phi) is 4.40. The highest BCUT2D eigenvalue weighted by Gasteiger charge is 2.10. The van der Waals surface area contributed by atoms with E-state index in [2.05, 4.69) is 0 Å². The summed E-state index contributed by atoms with van der Waals surface area (Å²) in [4.78, 5) is 0. The highest BCUT2D eigenvalue weighted by molar-refractivity contribution is 5.34. The fourth-order valence-electron chi connectivity index (χ4n) is 1.31. The van der Waals surface area contributed by atoms with Gasteiger partial charge in [0.1, 0.15) is 12.4 Å². The molecule has 1 rings (SSSR count). The molecule has 3 heteroatoms. The monoisotopic (exact) mass is 198 g/mol. The van der Waals surface area contributed by atoms with Crippen molar-refractivity contribution in [1.82, 2.24) is 0 Å². The van der Waals surface area contributed by atoms with E-state index in [1.807, 2.05) is 31.2 Å². The molecule has 14 heavy (non-hydrogen) atoms. The van der Waals surface area contributed by atoms with Crippen molar-refractivity contribution in [3.8, 4) is 5.75 Å². The molecule has 0 fully saturated rings. The highest BCUT2D eigenvalue weighted by Crippen LogP contribution is 2.26. The highest BCUT2D eigenvalue weighted by atomic mass is 19.1. The molecule has 1 aromatic carbocycles. The van der Waals surface area contributed by atoms with Crippen LogP contribution in [0.15, 0.2) is 24.3 Å². The van der Waals surface area contributed by atoms with Crippen molar-refractivity contribution >= 4 is 0 Å². The van der Waals surface area contributed by atoms with E-state index in [-0.39, 0.29) is 12.7 Å². The molecule has 0 aliphatic heterocycles. The summed E-state index contributed by atoms with van der Waals surface area (Å²) in [6.45, 7) is 1.55. The maximum Gasteiger partial charge on any atom is 0.124 e. The van der Waals surface area contributed by atoms with Gasteiger partial charge in [0, 0.05) is 5.56 Å². The summed E-state index contributed by atoms with van der Waals surface area (Å²) in [6.07, 6.45) is -0.137. The fraction of sp³-hybridized carbons (Fsp3) is 0.455. The first-order valence-corrected chi connectivity index (χ1v) is 4.60. The van der Waals surface area contributed by atoms with Gasteiger partial charge in [0.2, 0.25) is 0 Å². The first kappa shape index (κ1) is 11.0. The van der Waals surface area contributed by atoms with Crippen LogP contribution >= 0.6 is 0 Å². The van der Waals surface area contributed by atoms with Crippen LogP contribution in [0.25, 0.3) is 0 Å². The standard InChI is InChI=1S/C11H15FO2/c1-9(14-8-7-12)10-5-3-4-6-11(10)13-2/h3-6,9H,7-8H2,1-2H3. The van der Waals surface area contributed by atoms with Gasteiger partial charge >= 0.3 is 0 Å². The van der Waals surface area contributed by atoms with Gasteiger partial charge in [-0.05, 0) is 13.0 Å². The van der Waals surface area contributed by atoms with Crippen LogP contribution in [0.3, 0.4) is 0 Å². The number of hydrogen-bond donors (Lipinski definition) is 0. The molecule has 0 aliphatic carbocycles. The molecule has 0 spiro atoms. The second-order valence-electron chi connectivity index (χ2n) is 2.94. The molecule has 2 nitrogen and oxygen atoms in total. The SMILES string of the molecule is COc1ccccc1C(C)OCCF. The van der Waals surface area contributed by atoms with Crippen LogP contribution in [0.1, 0.15) is 18.6 Å². The number of alkyl halides is 1. The quantitative estimate of drug-likeness (QED) is 0.724. The lowest BCUT2D eigenvalue weighted by Gasteiger charge is -2.15. The summed E-state index contributed by atoms with van der Waals surface area (Å²) in [7, 11) is 1.61. The molecule has 0 aliphatic rings. The predicted octanol–water partition coefficient (Wildman–Crippen LogP) is 2.74. The predicted molar refractivity (Wildman–Crippen MR) is 53.3 cm³/mol. The lowest BCUT2D eigenvalue weighted by molar-refractivity contribution is 0.0542. The van der Waals surface area contributed by atoms with Gasteiger partial charge in [0.15, 0.2) is 0 Å². The zero-order chi connectivity index (χ0) is 10.4. The van der Waals surface area contributed by atoms with Crippen LogP contribution in [-0.2, 0) is 4.74 Å². The van der Waals surface area contributed by atoms with Crippen molar-refractivity contribution in [2.75, 3.05) is 20.4 Å². The van der Waals surface area contributed by atoms with E-state index in [0.29, 0.717) is 0 Å². The average Bonchev–Trinajstić information content (AvgIpc) is 2.25. The van der Waals surface area contributed by atoms with Gasteiger partial charge in [-0.2, -0.15) is 0 Å². The van der Waals surface area contributed by atoms with Crippen molar-refractivity contribution in [3.63, 3.8) is 0 Å². The normalized spacial score (nSPS) is 12.5. The Bertz CT molecular complexity index is 276. The van der Waals surface area contributed by atoms with Gasteiger partial charge in [0.05, 0.1) is 19.8 Å². The minimum absolute atomic E-state index is 0.124. The van der Waals surface area contributed by atoms with Crippen molar-refractivity contribution < 1.29 is 13.9 Å². The van der Waals surface area contributed by atoms with E-state index in [9.17, 15) is 4.39 Å². The van der Waals surface area contributed by atoms with Crippen LogP contribution in [0.5, 0.6) is 5.75 Å². The van der Waals surface area contributed by atoms with E-state index in [4.69, 9.17) is 9.47 Å². The topological polar surface area (TPSA) is 18.5 Å². The zero-order valence-corrected chi connectivity index (χ0v) is 8.50. The molecule has 0 radical (unpaired) electrons. The first-order valence-electron chi connectivity index (χ1n) is 4.60. The number of para-hydroxylation sites is 1. The molecule has 78 valence electrons. The second-order valence-corrected chi connectivity index (χ2v) is 2.94. The molecule has 1 unspecified atom stereocenters. The third-order valence-electron chi connectivity index (χ3n) is 2.02. The van der Waals surface area contributed by atoms with Gasteiger partial charge in [-0.25, -0.2) is 4.39 Å². The summed E-state index contributed by atoms with van der Waals surface area (Å²) >= 11 is 0. The van der Waals surface area contributed by atoms with Crippen LogP contribution in [-0.4, -0.2) is 20.4 Å². The third kappa shape index (κ3) is 2.70. The van der Waals surface area contributed by atoms with Crippen LogP contribution in [0.2, 0.25) is 0 Å². The Morgan fingerprint density at radius 1 is 1.36 bits per heavy atom. The molecule has 0 aromatic heterocycles. The van der Waals surface area contributed by atoms with Crippen molar-refractivity contribution in [2.24, 2.45) is 0 Å². The Hall–Kier alpha value is -1.09. The minimum atomic E-state index is -0.459. The van der Waals surface area contributed by atoms with Crippen LogP contribution in [0, 0.1) is 0 Å². The van der Waals surface area contributed by atoms with Crippen molar-refractivity contribution in [2.45, 2.75) is 13.0 Å². The van der Waals surface area contributed by atoms with Crippen molar-refractivity contribution in [3.05, 3.63) is 29.8 Å². The van der Waals surface area contributed by atoms with E-state index >= 15 is 0 Å². The largest absolute Gasteiger partial charge is 0.496 e. The molecule has 0 saturated carbocycles. The maximum absolute atomic E-state index is 11.9. The number of halogens is 1. The summed E-state index contributed by atoms with van der Waals surface area (Å²) in [5.74, 6) is 0.777. The smallest absolute Gasteiger partial charge is 0.124 e. The number of benzene rings is 1. The Morgan fingerprint density at radius 3 is 2.71 bits per heavy atom. The van der Waals surface area contributed by atoms with E-state index < -0.39 is 6.67 Å². The van der Waals surface area contributed by atoms with Crippen LogP contribution < -0.4 is 4.74 Å². The van der Waals surface area contributed by atoms with Gasteiger partial charge in [0.25, 0.3) is 0 Å². The average molecular weight is 198 g/mol. The van der Waals surface area contributed by atoms with Crippen LogP contribution in [0.4, 0.5) is 4.39 Å². The molecule has 1 atom stereocenters. The molecular weight excluding hydrogens is 183 g/mol. The molecule has 0 saturated heterocycles. The molecule has 1 aromatic rings. The summed E-state index contributed by atoms with van der Waals surface area (Å²) in [5, 5.41) is 0. The molecule has 0 bridgehead atoms. The molecule has 0 N–H and O–H groups in total. The number of hydrogen-bond acceptors (Lipinski definition) is 2. The lowest BCUT2D eigenvalue weighted by atomic mass is 10.1. The van der Waals surface area contributed by atoms with E-state index in [1.165, 1.54) is 0 Å². The van der Waals surface area contributed by atoms with E-state index in [1.54, 1.807) is 7.11 Å². The minimum Gasteiger partial charge on any atom is -0.496 e. The first-order chi connectivity index (χ1) is 6.79. The Balaban J connectivity index is 2.72. The zero-order valence-electron chi connectivity index (χ0n) is 8.50. The molecule has 0 heterocycles. The molecular formula is C11H15FO2.